The molecule has 1 amide bonds. The van der Waals surface area contributed by atoms with Crippen LogP contribution in [0.4, 0.5) is 5.69 Å². The van der Waals surface area contributed by atoms with Crippen molar-refractivity contribution < 1.29 is 14.3 Å². The quantitative estimate of drug-likeness (QED) is 0.478. The summed E-state index contributed by atoms with van der Waals surface area (Å²) in [6.07, 6.45) is 1.44. The van der Waals surface area contributed by atoms with Crippen molar-refractivity contribution in [3.63, 3.8) is 0 Å². The van der Waals surface area contributed by atoms with E-state index in [1.54, 1.807) is 55.5 Å². The van der Waals surface area contributed by atoms with Crippen molar-refractivity contribution in [3.8, 4) is 0 Å². The Balaban J connectivity index is 1.99. The molecule has 0 aliphatic heterocycles. The number of nitrogens with zero attached hydrogens (tertiary/aromatic N) is 2. The zero-order valence-corrected chi connectivity index (χ0v) is 16.5. The van der Waals surface area contributed by atoms with E-state index in [9.17, 15) is 19.2 Å². The van der Waals surface area contributed by atoms with Gasteiger partial charge in [0, 0.05) is 6.54 Å². The summed E-state index contributed by atoms with van der Waals surface area (Å²) in [6.45, 7) is 5.15. The Labute approximate surface area is 172 Å². The molecule has 0 bridgehead atoms. The normalized spacial score (nSPS) is 10.6. The second kappa shape index (κ2) is 9.04. The Kier molecular flexibility index (Phi) is 6.26. The van der Waals surface area contributed by atoms with Crippen molar-refractivity contribution in [1.82, 2.24) is 9.13 Å². The first-order valence-electron chi connectivity index (χ1n) is 9.37. The Morgan fingerprint density at radius 2 is 1.77 bits per heavy atom. The third kappa shape index (κ3) is 4.07. The zero-order chi connectivity index (χ0) is 21.7. The number of carbonyl (C=O) groups excluding carboxylic acids is 2. The molecule has 0 saturated heterocycles. The zero-order valence-electron chi connectivity index (χ0n) is 16.5. The number of benzene rings is 2. The number of rotatable bonds is 7. The molecular formula is C22H21N3O5. The first-order chi connectivity index (χ1) is 14.5. The van der Waals surface area contributed by atoms with Gasteiger partial charge in [-0.1, -0.05) is 30.3 Å². The van der Waals surface area contributed by atoms with Gasteiger partial charge >= 0.3 is 11.7 Å². The SMILES string of the molecule is C=CCn1c(=O)c2ccccc2n(CC(=O)Nc2ccccc2C(=O)OCC)c1=O. The first-order valence-corrected chi connectivity index (χ1v) is 9.37. The lowest BCUT2D eigenvalue weighted by Crippen LogP contribution is -2.41. The van der Waals surface area contributed by atoms with Crippen LogP contribution in [0.3, 0.4) is 0 Å². The summed E-state index contributed by atoms with van der Waals surface area (Å²) in [5.74, 6) is -1.08. The van der Waals surface area contributed by atoms with Crippen LogP contribution in [0.15, 0.2) is 70.8 Å². The molecule has 0 atom stereocenters. The van der Waals surface area contributed by atoms with Crippen molar-refractivity contribution in [2.45, 2.75) is 20.0 Å². The standard InChI is InChI=1S/C22H21N3O5/c1-3-13-24-20(27)16-10-6-8-12-18(16)25(22(24)29)14-19(26)23-17-11-7-5-9-15(17)21(28)30-4-2/h3,5-12H,1,4,13-14H2,2H3,(H,23,26). The fourth-order valence-corrected chi connectivity index (χ4v) is 3.13. The molecule has 2 aromatic carbocycles. The van der Waals surface area contributed by atoms with E-state index in [0.717, 1.165) is 4.57 Å². The van der Waals surface area contributed by atoms with Gasteiger partial charge in [-0.25, -0.2) is 9.59 Å². The van der Waals surface area contributed by atoms with E-state index < -0.39 is 23.1 Å². The number of ether oxygens (including phenoxy) is 1. The van der Waals surface area contributed by atoms with Gasteiger partial charge < -0.3 is 10.1 Å². The number of carbonyl (C=O) groups is 2. The fraction of sp³-hybridized carbons (Fsp3) is 0.182. The molecule has 0 radical (unpaired) electrons. The maximum Gasteiger partial charge on any atom is 0.340 e. The minimum Gasteiger partial charge on any atom is -0.462 e. The number of aromatic nitrogens is 2. The largest absolute Gasteiger partial charge is 0.462 e. The third-order valence-electron chi connectivity index (χ3n) is 4.44. The topological polar surface area (TPSA) is 99.4 Å². The minimum absolute atomic E-state index is 0.0236. The van der Waals surface area contributed by atoms with E-state index in [4.69, 9.17) is 4.74 Å². The summed E-state index contributed by atoms with van der Waals surface area (Å²) in [5.41, 5.74) is -0.229. The number of anilines is 1. The van der Waals surface area contributed by atoms with Crippen molar-refractivity contribution in [2.75, 3.05) is 11.9 Å². The number of amides is 1. The van der Waals surface area contributed by atoms with Crippen LogP contribution in [0, 0.1) is 0 Å². The van der Waals surface area contributed by atoms with Crippen molar-refractivity contribution in [1.29, 1.82) is 0 Å². The summed E-state index contributed by atoms with van der Waals surface area (Å²) in [6, 6.07) is 13.0. The first kappa shape index (κ1) is 20.8. The predicted molar refractivity (Wildman–Crippen MR) is 114 cm³/mol. The van der Waals surface area contributed by atoms with Crippen molar-refractivity contribution in [3.05, 3.63) is 87.6 Å². The average Bonchev–Trinajstić information content (AvgIpc) is 2.74. The van der Waals surface area contributed by atoms with Crippen molar-refractivity contribution in [2.24, 2.45) is 0 Å². The maximum absolute atomic E-state index is 12.9. The van der Waals surface area contributed by atoms with Crippen LogP contribution in [0.2, 0.25) is 0 Å². The summed E-state index contributed by atoms with van der Waals surface area (Å²) in [7, 11) is 0. The molecular weight excluding hydrogens is 386 g/mol. The highest BCUT2D eigenvalue weighted by Gasteiger charge is 2.17. The highest BCUT2D eigenvalue weighted by Crippen LogP contribution is 2.16. The van der Waals surface area contributed by atoms with E-state index in [-0.39, 0.29) is 30.9 Å². The molecule has 0 unspecified atom stereocenters. The molecule has 0 fully saturated rings. The van der Waals surface area contributed by atoms with Crippen molar-refractivity contribution >= 4 is 28.5 Å². The number of nitrogens with one attached hydrogen (secondary N) is 1. The van der Waals surface area contributed by atoms with Crippen LogP contribution in [-0.2, 0) is 22.6 Å². The summed E-state index contributed by atoms with van der Waals surface area (Å²) in [5, 5.41) is 2.97. The summed E-state index contributed by atoms with van der Waals surface area (Å²) < 4.78 is 7.26. The number of fused-ring (bicyclic) bond motifs is 1. The number of hydrogen-bond donors (Lipinski definition) is 1. The van der Waals surface area contributed by atoms with Crippen LogP contribution < -0.4 is 16.6 Å². The Hall–Kier alpha value is -3.94. The van der Waals surface area contributed by atoms with E-state index >= 15 is 0 Å². The molecule has 30 heavy (non-hydrogen) atoms. The number of allylic oxidation sites excluding steroid dienone is 1. The van der Waals surface area contributed by atoms with Crippen LogP contribution in [0.1, 0.15) is 17.3 Å². The predicted octanol–water partition coefficient (Wildman–Crippen LogP) is 2.16. The molecule has 3 aromatic rings. The molecule has 0 aliphatic carbocycles. The second-order valence-electron chi connectivity index (χ2n) is 6.40. The lowest BCUT2D eigenvalue weighted by molar-refractivity contribution is -0.116. The van der Waals surface area contributed by atoms with Gasteiger partial charge in [0.15, 0.2) is 0 Å². The second-order valence-corrected chi connectivity index (χ2v) is 6.40. The lowest BCUT2D eigenvalue weighted by Gasteiger charge is -2.14. The Morgan fingerprint density at radius 1 is 1.07 bits per heavy atom. The van der Waals surface area contributed by atoms with E-state index in [2.05, 4.69) is 11.9 Å². The highest BCUT2D eigenvalue weighted by molar-refractivity contribution is 6.01. The van der Waals surface area contributed by atoms with Crippen LogP contribution in [0.25, 0.3) is 10.9 Å². The Morgan fingerprint density at radius 3 is 2.50 bits per heavy atom. The Bertz CT molecular complexity index is 1240. The molecule has 8 nitrogen and oxygen atoms in total. The minimum atomic E-state index is -0.618. The number of hydrogen-bond acceptors (Lipinski definition) is 5. The molecule has 0 saturated carbocycles. The molecule has 154 valence electrons. The van der Waals surface area contributed by atoms with Gasteiger partial charge in [0.2, 0.25) is 5.91 Å². The third-order valence-corrected chi connectivity index (χ3v) is 4.44. The molecule has 3 rings (SSSR count). The molecule has 0 spiro atoms. The lowest BCUT2D eigenvalue weighted by atomic mass is 10.2. The molecule has 1 heterocycles. The van der Waals surface area contributed by atoms with Crippen LogP contribution in [0.5, 0.6) is 0 Å². The maximum atomic E-state index is 12.9. The van der Waals surface area contributed by atoms with Gasteiger partial charge in [0.1, 0.15) is 6.54 Å². The smallest absolute Gasteiger partial charge is 0.340 e. The van der Waals surface area contributed by atoms with Crippen LogP contribution >= 0.6 is 0 Å². The number of para-hydroxylation sites is 2. The molecule has 1 aromatic heterocycles. The van der Waals surface area contributed by atoms with Gasteiger partial charge in [-0.05, 0) is 31.2 Å². The fourth-order valence-electron chi connectivity index (χ4n) is 3.13. The van der Waals surface area contributed by atoms with Gasteiger partial charge in [0.25, 0.3) is 5.56 Å². The number of esters is 1. The monoisotopic (exact) mass is 407 g/mol. The van der Waals surface area contributed by atoms with Crippen LogP contribution in [-0.4, -0.2) is 27.6 Å². The van der Waals surface area contributed by atoms with E-state index in [1.165, 1.54) is 10.6 Å². The summed E-state index contributed by atoms with van der Waals surface area (Å²) in [4.78, 5) is 50.3. The van der Waals surface area contributed by atoms with Gasteiger partial charge in [-0.3, -0.25) is 18.7 Å². The molecule has 8 heteroatoms. The van der Waals surface area contributed by atoms with Gasteiger partial charge in [-0.15, -0.1) is 6.58 Å². The average molecular weight is 407 g/mol. The van der Waals surface area contributed by atoms with Gasteiger partial charge in [0.05, 0.1) is 28.8 Å². The summed E-state index contributed by atoms with van der Waals surface area (Å²) >= 11 is 0. The highest BCUT2D eigenvalue weighted by atomic mass is 16.5. The van der Waals surface area contributed by atoms with E-state index in [1.807, 2.05) is 0 Å². The van der Waals surface area contributed by atoms with E-state index in [0.29, 0.717) is 10.9 Å². The molecule has 0 aliphatic rings. The van der Waals surface area contributed by atoms with Gasteiger partial charge in [-0.2, -0.15) is 0 Å². The molecule has 1 N–H and O–H groups in total.